The Hall–Kier alpha value is -1.02. The first-order valence-corrected chi connectivity index (χ1v) is 8.40. The number of aryl methyl sites for hydroxylation is 1. The standard InChI is InChI=1S/C19H31NO/c1-15(20-18-7-5-6-14-19(18,2)3)8-9-16-10-12-17(21-4)13-11-16/h10-13,15,18,20H,5-9,14H2,1-4H3. The molecule has 2 atom stereocenters. The molecule has 2 unspecified atom stereocenters. The van der Waals surface area contributed by atoms with Crippen LogP contribution in [0, 0.1) is 5.41 Å². The monoisotopic (exact) mass is 289 g/mol. The fraction of sp³-hybridized carbons (Fsp3) is 0.684. The molecule has 2 heteroatoms. The lowest BCUT2D eigenvalue weighted by atomic mass is 9.73. The molecule has 1 fully saturated rings. The number of hydrogen-bond acceptors (Lipinski definition) is 2. The largest absolute Gasteiger partial charge is 0.497 e. The average Bonchev–Trinajstić information content (AvgIpc) is 2.48. The quantitative estimate of drug-likeness (QED) is 0.828. The molecule has 118 valence electrons. The highest BCUT2D eigenvalue weighted by atomic mass is 16.5. The summed E-state index contributed by atoms with van der Waals surface area (Å²) in [6.07, 6.45) is 7.79. The second kappa shape index (κ2) is 7.31. The number of ether oxygens (including phenoxy) is 1. The van der Waals surface area contributed by atoms with Gasteiger partial charge in [0.2, 0.25) is 0 Å². The molecule has 21 heavy (non-hydrogen) atoms. The maximum atomic E-state index is 5.21. The zero-order valence-corrected chi connectivity index (χ0v) is 14.1. The first-order chi connectivity index (χ1) is 10.0. The highest BCUT2D eigenvalue weighted by Crippen LogP contribution is 2.35. The van der Waals surface area contributed by atoms with Crippen molar-refractivity contribution < 1.29 is 4.74 Å². The predicted octanol–water partition coefficient (Wildman–Crippen LogP) is 4.57. The van der Waals surface area contributed by atoms with Crippen LogP contribution in [0.3, 0.4) is 0 Å². The Morgan fingerprint density at radius 2 is 1.95 bits per heavy atom. The van der Waals surface area contributed by atoms with Crippen molar-refractivity contribution >= 4 is 0 Å². The molecule has 0 spiro atoms. The Labute approximate surface area is 130 Å². The van der Waals surface area contributed by atoms with Crippen molar-refractivity contribution in [1.82, 2.24) is 5.32 Å². The number of methoxy groups -OCH3 is 1. The van der Waals surface area contributed by atoms with Gasteiger partial charge < -0.3 is 10.1 Å². The molecule has 1 saturated carbocycles. The van der Waals surface area contributed by atoms with E-state index in [9.17, 15) is 0 Å². The van der Waals surface area contributed by atoms with Crippen LogP contribution in [-0.2, 0) is 6.42 Å². The molecule has 2 rings (SSSR count). The molecule has 0 radical (unpaired) electrons. The van der Waals surface area contributed by atoms with Gasteiger partial charge in [0.25, 0.3) is 0 Å². The first kappa shape index (κ1) is 16.4. The van der Waals surface area contributed by atoms with E-state index in [1.807, 2.05) is 0 Å². The molecule has 0 bridgehead atoms. The minimum atomic E-state index is 0.451. The second-order valence-corrected chi connectivity index (χ2v) is 7.24. The van der Waals surface area contributed by atoms with Crippen LogP contribution in [0.1, 0.15) is 58.4 Å². The van der Waals surface area contributed by atoms with E-state index in [0.717, 1.165) is 12.2 Å². The third-order valence-corrected chi connectivity index (χ3v) is 5.02. The van der Waals surface area contributed by atoms with E-state index >= 15 is 0 Å². The fourth-order valence-corrected chi connectivity index (χ4v) is 3.41. The normalized spacial score (nSPS) is 22.8. The van der Waals surface area contributed by atoms with Crippen LogP contribution in [0.2, 0.25) is 0 Å². The molecule has 1 aromatic rings. The summed E-state index contributed by atoms with van der Waals surface area (Å²) in [5.41, 5.74) is 1.85. The van der Waals surface area contributed by atoms with Gasteiger partial charge in [0.15, 0.2) is 0 Å². The van der Waals surface area contributed by atoms with Crippen LogP contribution in [0.25, 0.3) is 0 Å². The summed E-state index contributed by atoms with van der Waals surface area (Å²) in [4.78, 5) is 0. The van der Waals surface area contributed by atoms with Crippen LogP contribution >= 0.6 is 0 Å². The molecule has 1 N–H and O–H groups in total. The third kappa shape index (κ3) is 4.74. The summed E-state index contributed by atoms with van der Waals surface area (Å²) in [5, 5.41) is 3.88. The summed E-state index contributed by atoms with van der Waals surface area (Å²) in [7, 11) is 1.72. The average molecular weight is 289 g/mol. The number of benzene rings is 1. The SMILES string of the molecule is COc1ccc(CCC(C)NC2CCCCC2(C)C)cc1. The van der Waals surface area contributed by atoms with Gasteiger partial charge in [0.1, 0.15) is 5.75 Å². The second-order valence-electron chi connectivity index (χ2n) is 7.24. The van der Waals surface area contributed by atoms with Crippen LogP contribution in [0.15, 0.2) is 24.3 Å². The van der Waals surface area contributed by atoms with Gasteiger partial charge >= 0.3 is 0 Å². The Balaban J connectivity index is 1.79. The van der Waals surface area contributed by atoms with Crippen LogP contribution in [0.4, 0.5) is 0 Å². The van der Waals surface area contributed by atoms with Gasteiger partial charge in [-0.05, 0) is 55.7 Å². The molecular weight excluding hydrogens is 258 g/mol. The van der Waals surface area contributed by atoms with Gasteiger partial charge in [-0.25, -0.2) is 0 Å². The van der Waals surface area contributed by atoms with Gasteiger partial charge in [0, 0.05) is 12.1 Å². The van der Waals surface area contributed by atoms with Crippen molar-refractivity contribution in [1.29, 1.82) is 0 Å². The fourth-order valence-electron chi connectivity index (χ4n) is 3.41. The van der Waals surface area contributed by atoms with E-state index in [-0.39, 0.29) is 0 Å². The molecule has 1 aliphatic carbocycles. The summed E-state index contributed by atoms with van der Waals surface area (Å²) < 4.78 is 5.21. The number of nitrogens with one attached hydrogen (secondary N) is 1. The lowest BCUT2D eigenvalue weighted by Crippen LogP contribution is -2.47. The molecule has 0 saturated heterocycles. The highest BCUT2D eigenvalue weighted by molar-refractivity contribution is 5.27. The lowest BCUT2D eigenvalue weighted by Gasteiger charge is -2.40. The molecular formula is C19H31NO. The van der Waals surface area contributed by atoms with Crippen molar-refractivity contribution in [2.75, 3.05) is 7.11 Å². The van der Waals surface area contributed by atoms with Gasteiger partial charge in [-0.2, -0.15) is 0 Å². The summed E-state index contributed by atoms with van der Waals surface area (Å²) >= 11 is 0. The van der Waals surface area contributed by atoms with Crippen molar-refractivity contribution in [2.45, 2.75) is 71.4 Å². The van der Waals surface area contributed by atoms with Gasteiger partial charge in [-0.3, -0.25) is 0 Å². The topological polar surface area (TPSA) is 21.3 Å². The summed E-state index contributed by atoms with van der Waals surface area (Å²) in [6, 6.07) is 9.72. The predicted molar refractivity (Wildman–Crippen MR) is 89.9 cm³/mol. The van der Waals surface area contributed by atoms with Crippen molar-refractivity contribution in [3.8, 4) is 5.75 Å². The van der Waals surface area contributed by atoms with E-state index in [4.69, 9.17) is 4.74 Å². The van der Waals surface area contributed by atoms with Crippen LogP contribution in [0.5, 0.6) is 5.75 Å². The first-order valence-electron chi connectivity index (χ1n) is 8.40. The van der Waals surface area contributed by atoms with Crippen LogP contribution in [-0.4, -0.2) is 19.2 Å². The minimum Gasteiger partial charge on any atom is -0.497 e. The molecule has 1 aromatic carbocycles. The van der Waals surface area contributed by atoms with E-state index in [1.165, 1.54) is 37.7 Å². The third-order valence-electron chi connectivity index (χ3n) is 5.02. The van der Waals surface area contributed by atoms with Gasteiger partial charge in [-0.1, -0.05) is 38.8 Å². The minimum absolute atomic E-state index is 0.451. The van der Waals surface area contributed by atoms with Gasteiger partial charge in [0.05, 0.1) is 7.11 Å². The summed E-state index contributed by atoms with van der Waals surface area (Å²) in [6.45, 7) is 7.16. The number of rotatable bonds is 6. The van der Waals surface area contributed by atoms with E-state index in [2.05, 4.69) is 50.4 Å². The Morgan fingerprint density at radius 3 is 2.57 bits per heavy atom. The highest BCUT2D eigenvalue weighted by Gasteiger charge is 2.32. The van der Waals surface area contributed by atoms with Crippen molar-refractivity contribution in [2.24, 2.45) is 5.41 Å². The summed E-state index contributed by atoms with van der Waals surface area (Å²) in [5.74, 6) is 0.939. The molecule has 0 amide bonds. The molecule has 1 aliphatic rings. The van der Waals surface area contributed by atoms with E-state index < -0.39 is 0 Å². The Kier molecular flexibility index (Phi) is 5.69. The van der Waals surface area contributed by atoms with Gasteiger partial charge in [-0.15, -0.1) is 0 Å². The number of hydrogen-bond donors (Lipinski definition) is 1. The lowest BCUT2D eigenvalue weighted by molar-refractivity contribution is 0.156. The van der Waals surface area contributed by atoms with E-state index in [0.29, 0.717) is 17.5 Å². The van der Waals surface area contributed by atoms with E-state index in [1.54, 1.807) is 7.11 Å². The Bertz CT molecular complexity index is 424. The molecule has 0 aromatic heterocycles. The maximum absolute atomic E-state index is 5.21. The van der Waals surface area contributed by atoms with Crippen molar-refractivity contribution in [3.63, 3.8) is 0 Å². The van der Waals surface area contributed by atoms with Crippen molar-refractivity contribution in [3.05, 3.63) is 29.8 Å². The zero-order valence-electron chi connectivity index (χ0n) is 14.1. The smallest absolute Gasteiger partial charge is 0.118 e. The maximum Gasteiger partial charge on any atom is 0.118 e. The molecule has 0 aliphatic heterocycles. The van der Waals surface area contributed by atoms with Crippen LogP contribution < -0.4 is 10.1 Å². The zero-order chi connectivity index (χ0) is 15.3. The Morgan fingerprint density at radius 1 is 1.24 bits per heavy atom. The molecule has 2 nitrogen and oxygen atoms in total. The molecule has 0 heterocycles.